The second-order valence-electron chi connectivity index (χ2n) is 6.82. The van der Waals surface area contributed by atoms with E-state index in [1.165, 1.54) is 64.2 Å². The van der Waals surface area contributed by atoms with Gasteiger partial charge in [0.25, 0.3) is 0 Å². The van der Waals surface area contributed by atoms with E-state index in [0.29, 0.717) is 17.5 Å². The van der Waals surface area contributed by atoms with Crippen LogP contribution in [0.5, 0.6) is 5.75 Å². The van der Waals surface area contributed by atoms with Crippen molar-refractivity contribution in [3.8, 4) is 11.8 Å². The Balaban J connectivity index is 1.74. The van der Waals surface area contributed by atoms with Crippen molar-refractivity contribution in [1.29, 1.82) is 5.26 Å². The highest BCUT2D eigenvalue weighted by Crippen LogP contribution is 2.41. The van der Waals surface area contributed by atoms with Crippen LogP contribution in [0.4, 0.5) is 13.2 Å². The largest absolute Gasteiger partial charge is 0.573 e. The molecule has 5 nitrogen and oxygen atoms in total. The number of ether oxygens (including phenoxy) is 1. The van der Waals surface area contributed by atoms with Gasteiger partial charge >= 0.3 is 6.36 Å². The molecule has 1 atom stereocenters. The monoisotopic (exact) mass is 464 g/mol. The lowest BCUT2D eigenvalue weighted by Crippen LogP contribution is -2.40. The molecule has 1 aliphatic heterocycles. The summed E-state index contributed by atoms with van der Waals surface area (Å²) < 4.78 is 69.6. The maximum absolute atomic E-state index is 13.4. The van der Waals surface area contributed by atoms with Crippen LogP contribution in [0.15, 0.2) is 64.9 Å². The first kappa shape index (κ1) is 21.4. The van der Waals surface area contributed by atoms with Crippen molar-refractivity contribution >= 4 is 21.4 Å². The van der Waals surface area contributed by atoms with Crippen LogP contribution in [0.3, 0.4) is 0 Å². The van der Waals surface area contributed by atoms with Crippen LogP contribution in [0.25, 0.3) is 0 Å². The van der Waals surface area contributed by atoms with Gasteiger partial charge < -0.3 is 4.74 Å². The number of benzene rings is 2. The van der Waals surface area contributed by atoms with Gasteiger partial charge in [-0.3, -0.25) is 0 Å². The number of thiophene rings is 1. The van der Waals surface area contributed by atoms with Gasteiger partial charge in [0.15, 0.2) is 0 Å². The molecule has 1 aromatic heterocycles. The van der Waals surface area contributed by atoms with E-state index >= 15 is 0 Å². The van der Waals surface area contributed by atoms with Gasteiger partial charge in [-0.15, -0.1) is 24.5 Å². The Bertz CT molecular complexity index is 1230. The molecule has 0 unspecified atom stereocenters. The Labute approximate surface area is 181 Å². The van der Waals surface area contributed by atoms with Crippen LogP contribution in [-0.2, 0) is 16.4 Å². The molecule has 2 heterocycles. The van der Waals surface area contributed by atoms with Crippen molar-refractivity contribution in [2.24, 2.45) is 0 Å². The first-order valence-electron chi connectivity index (χ1n) is 9.13. The van der Waals surface area contributed by atoms with Crippen molar-refractivity contribution < 1.29 is 26.3 Å². The van der Waals surface area contributed by atoms with Gasteiger partial charge in [-0.25, -0.2) is 8.42 Å². The van der Waals surface area contributed by atoms with Gasteiger partial charge in [0.05, 0.1) is 22.6 Å². The van der Waals surface area contributed by atoms with Gasteiger partial charge in [-0.1, -0.05) is 12.1 Å². The smallest absolute Gasteiger partial charge is 0.406 e. The summed E-state index contributed by atoms with van der Waals surface area (Å²) in [7, 11) is -3.93. The van der Waals surface area contributed by atoms with Crippen LogP contribution in [-0.4, -0.2) is 25.6 Å². The highest BCUT2D eigenvalue weighted by atomic mass is 32.2. The van der Waals surface area contributed by atoms with E-state index in [-0.39, 0.29) is 17.2 Å². The summed E-state index contributed by atoms with van der Waals surface area (Å²) in [4.78, 5) is 1.08. The maximum Gasteiger partial charge on any atom is 0.573 e. The lowest BCUT2D eigenvalue weighted by atomic mass is 9.95. The maximum atomic E-state index is 13.4. The van der Waals surface area contributed by atoms with E-state index in [1.54, 1.807) is 0 Å². The standard InChI is InChI=1S/C21H15F3N2O3S2/c22-21(23,24)29-16-5-3-15(4-6-16)20-18-10-12-30-19(18)9-11-26(20)31(27,28)17-7-1-14(13-25)2-8-17/h1-8,10,12,20H,9,11H2/t20-/m1/s1. The average molecular weight is 464 g/mol. The first-order chi connectivity index (χ1) is 14.7. The summed E-state index contributed by atoms with van der Waals surface area (Å²) in [6.07, 6.45) is -4.27. The summed E-state index contributed by atoms with van der Waals surface area (Å²) in [5, 5.41) is 10.8. The molecule has 0 spiro atoms. The normalized spacial score (nSPS) is 17.0. The second-order valence-corrected chi connectivity index (χ2v) is 9.71. The molecule has 2 aromatic carbocycles. The molecule has 10 heteroatoms. The zero-order chi connectivity index (χ0) is 22.2. The Morgan fingerprint density at radius 2 is 1.74 bits per heavy atom. The minimum Gasteiger partial charge on any atom is -0.406 e. The fourth-order valence-corrected chi connectivity index (χ4v) is 6.09. The minimum absolute atomic E-state index is 0.0483. The van der Waals surface area contributed by atoms with Crippen molar-refractivity contribution in [2.45, 2.75) is 23.7 Å². The van der Waals surface area contributed by atoms with Crippen LogP contribution >= 0.6 is 11.3 Å². The van der Waals surface area contributed by atoms with E-state index in [1.807, 2.05) is 17.5 Å². The molecule has 0 N–H and O–H groups in total. The Kier molecular flexibility index (Phi) is 5.51. The Hall–Kier alpha value is -2.87. The Morgan fingerprint density at radius 1 is 1.06 bits per heavy atom. The number of rotatable bonds is 4. The fraction of sp³-hybridized carbons (Fsp3) is 0.190. The van der Waals surface area contributed by atoms with Crippen molar-refractivity contribution in [2.75, 3.05) is 6.54 Å². The predicted octanol–water partition coefficient (Wildman–Crippen LogP) is 4.85. The molecule has 0 aliphatic carbocycles. The SMILES string of the molecule is N#Cc1ccc(S(=O)(=O)N2CCc3sccc3[C@H]2c2ccc(OC(F)(F)F)cc2)cc1. The minimum atomic E-state index is -4.81. The fourth-order valence-electron chi connectivity index (χ4n) is 3.59. The number of hydrogen-bond acceptors (Lipinski definition) is 5. The quantitative estimate of drug-likeness (QED) is 0.553. The summed E-state index contributed by atoms with van der Waals surface area (Å²) in [6, 6.07) is 14.0. The number of sulfonamides is 1. The van der Waals surface area contributed by atoms with Crippen molar-refractivity contribution in [3.63, 3.8) is 0 Å². The third-order valence-electron chi connectivity index (χ3n) is 4.94. The van der Waals surface area contributed by atoms with Gasteiger partial charge in [-0.05, 0) is 65.4 Å². The molecular formula is C21H15F3N2O3S2. The number of alkyl halides is 3. The first-order valence-corrected chi connectivity index (χ1v) is 11.4. The van der Waals surface area contributed by atoms with Gasteiger partial charge in [-0.2, -0.15) is 9.57 Å². The Morgan fingerprint density at radius 3 is 2.35 bits per heavy atom. The molecule has 0 amide bonds. The molecule has 0 bridgehead atoms. The second kappa shape index (κ2) is 8.00. The third kappa shape index (κ3) is 4.30. The molecule has 3 aromatic rings. The zero-order valence-electron chi connectivity index (χ0n) is 15.8. The van der Waals surface area contributed by atoms with Crippen molar-refractivity contribution in [1.82, 2.24) is 4.31 Å². The van der Waals surface area contributed by atoms with E-state index in [4.69, 9.17) is 5.26 Å². The zero-order valence-corrected chi connectivity index (χ0v) is 17.5. The van der Waals surface area contributed by atoms with Crippen LogP contribution < -0.4 is 4.74 Å². The molecular weight excluding hydrogens is 449 g/mol. The molecule has 0 radical (unpaired) electrons. The predicted molar refractivity (Wildman–Crippen MR) is 108 cm³/mol. The average Bonchev–Trinajstić information content (AvgIpc) is 3.21. The van der Waals surface area contributed by atoms with Crippen LogP contribution in [0, 0.1) is 11.3 Å². The lowest BCUT2D eigenvalue weighted by molar-refractivity contribution is -0.274. The highest BCUT2D eigenvalue weighted by molar-refractivity contribution is 7.89. The van der Waals surface area contributed by atoms with Gasteiger partial charge in [0, 0.05) is 11.4 Å². The van der Waals surface area contributed by atoms with Crippen LogP contribution in [0.2, 0.25) is 0 Å². The number of halogens is 3. The summed E-state index contributed by atoms with van der Waals surface area (Å²) >= 11 is 1.52. The highest BCUT2D eigenvalue weighted by Gasteiger charge is 2.38. The van der Waals surface area contributed by atoms with E-state index in [0.717, 1.165) is 10.4 Å². The van der Waals surface area contributed by atoms with Gasteiger partial charge in [0.2, 0.25) is 10.0 Å². The number of nitrogens with zero attached hydrogens (tertiary/aromatic N) is 2. The molecule has 31 heavy (non-hydrogen) atoms. The molecule has 0 saturated carbocycles. The molecule has 160 valence electrons. The van der Waals surface area contributed by atoms with Gasteiger partial charge in [0.1, 0.15) is 5.75 Å². The van der Waals surface area contributed by atoms with E-state index in [2.05, 4.69) is 4.74 Å². The van der Waals surface area contributed by atoms with Crippen molar-refractivity contribution in [3.05, 3.63) is 81.5 Å². The molecule has 0 fully saturated rings. The number of hydrogen-bond donors (Lipinski definition) is 0. The number of fused-ring (bicyclic) bond motifs is 1. The number of nitriles is 1. The topological polar surface area (TPSA) is 70.4 Å². The summed E-state index contributed by atoms with van der Waals surface area (Å²) in [6.45, 7) is 0.224. The molecule has 0 saturated heterocycles. The van der Waals surface area contributed by atoms with Crippen LogP contribution in [0.1, 0.15) is 27.6 Å². The van der Waals surface area contributed by atoms with E-state index in [9.17, 15) is 21.6 Å². The summed E-state index contributed by atoms with van der Waals surface area (Å²) in [5.74, 6) is -0.376. The molecule has 4 rings (SSSR count). The molecule has 1 aliphatic rings. The third-order valence-corrected chi connectivity index (χ3v) is 7.82. The van der Waals surface area contributed by atoms with E-state index < -0.39 is 22.4 Å². The summed E-state index contributed by atoms with van der Waals surface area (Å²) in [5.41, 5.74) is 1.68. The lowest BCUT2D eigenvalue weighted by Gasteiger charge is -2.35.